The lowest BCUT2D eigenvalue weighted by molar-refractivity contribution is 0.594. The molecule has 0 aliphatic rings. The first kappa shape index (κ1) is 14.5. The Morgan fingerprint density at radius 3 is 2.00 bits per heavy atom. The molecule has 20 heavy (non-hydrogen) atoms. The minimum absolute atomic E-state index is 0.201. The van der Waals surface area contributed by atoms with Gasteiger partial charge in [-0.25, -0.2) is 8.78 Å². The number of nitrogens with one attached hydrogen (secondary N) is 1. The first-order valence-corrected chi connectivity index (χ1v) is 6.64. The molecule has 0 heterocycles. The van der Waals surface area contributed by atoms with Crippen LogP contribution in [0.3, 0.4) is 0 Å². The van der Waals surface area contributed by atoms with Gasteiger partial charge in [0.2, 0.25) is 0 Å². The Hall–Kier alpha value is -1.90. The lowest BCUT2D eigenvalue weighted by Gasteiger charge is -2.14. The quantitative estimate of drug-likeness (QED) is 0.847. The Balaban J connectivity index is 2.23. The number of rotatable bonds is 3. The highest BCUT2D eigenvalue weighted by atomic mass is 19.1. The van der Waals surface area contributed by atoms with Crippen LogP contribution in [-0.4, -0.2) is 0 Å². The van der Waals surface area contributed by atoms with Crippen molar-refractivity contribution in [3.05, 3.63) is 63.7 Å². The zero-order chi connectivity index (χ0) is 14.9. The van der Waals surface area contributed by atoms with Gasteiger partial charge in [0.1, 0.15) is 11.6 Å². The Kier molecular flexibility index (Phi) is 4.07. The molecular formula is C17H19F2N. The molecule has 0 atom stereocenters. The average molecular weight is 275 g/mol. The normalized spacial score (nSPS) is 10.7. The fourth-order valence-electron chi connectivity index (χ4n) is 2.45. The van der Waals surface area contributed by atoms with Gasteiger partial charge in [0, 0.05) is 12.6 Å². The molecule has 0 fully saturated rings. The van der Waals surface area contributed by atoms with Gasteiger partial charge in [0.05, 0.1) is 5.69 Å². The van der Waals surface area contributed by atoms with Crippen LogP contribution in [0.25, 0.3) is 0 Å². The van der Waals surface area contributed by atoms with E-state index in [-0.39, 0.29) is 5.69 Å². The van der Waals surface area contributed by atoms with Crippen LogP contribution in [0.1, 0.15) is 27.8 Å². The summed E-state index contributed by atoms with van der Waals surface area (Å²) in [5, 5.41) is 2.98. The molecule has 0 aliphatic heterocycles. The molecule has 106 valence electrons. The van der Waals surface area contributed by atoms with E-state index in [1.807, 2.05) is 20.8 Å². The molecule has 0 saturated carbocycles. The molecule has 1 nitrogen and oxygen atoms in total. The fourth-order valence-corrected chi connectivity index (χ4v) is 2.45. The summed E-state index contributed by atoms with van der Waals surface area (Å²) in [6, 6.07) is 6.61. The molecule has 0 radical (unpaired) electrons. The predicted molar refractivity (Wildman–Crippen MR) is 79.1 cm³/mol. The maximum absolute atomic E-state index is 13.8. The van der Waals surface area contributed by atoms with E-state index in [4.69, 9.17) is 0 Å². The first-order valence-electron chi connectivity index (χ1n) is 6.64. The first-order chi connectivity index (χ1) is 9.38. The van der Waals surface area contributed by atoms with E-state index in [1.165, 1.54) is 17.7 Å². The summed E-state index contributed by atoms with van der Waals surface area (Å²) in [5.74, 6) is -0.822. The largest absolute Gasteiger partial charge is 0.378 e. The van der Waals surface area contributed by atoms with Crippen LogP contribution in [0, 0.1) is 39.3 Å². The van der Waals surface area contributed by atoms with E-state index in [0.717, 1.165) is 16.7 Å². The average Bonchev–Trinajstić information content (AvgIpc) is 2.33. The third kappa shape index (κ3) is 2.98. The summed E-state index contributed by atoms with van der Waals surface area (Å²) < 4.78 is 27.3. The van der Waals surface area contributed by atoms with E-state index in [2.05, 4.69) is 17.4 Å². The zero-order valence-corrected chi connectivity index (χ0v) is 12.3. The molecule has 0 bridgehead atoms. The fraction of sp³-hybridized carbons (Fsp3) is 0.294. The topological polar surface area (TPSA) is 12.0 Å². The van der Waals surface area contributed by atoms with E-state index in [0.29, 0.717) is 12.1 Å². The maximum atomic E-state index is 13.8. The summed E-state index contributed by atoms with van der Waals surface area (Å²) in [6.45, 7) is 8.15. The van der Waals surface area contributed by atoms with E-state index < -0.39 is 11.6 Å². The zero-order valence-electron chi connectivity index (χ0n) is 12.3. The van der Waals surface area contributed by atoms with Crippen LogP contribution in [-0.2, 0) is 6.54 Å². The van der Waals surface area contributed by atoms with Crippen LogP contribution in [0.2, 0.25) is 0 Å². The molecule has 0 aliphatic carbocycles. The standard InChI is InChI=1S/C17H19F2N/c1-10-5-11(2)14(12(3)6-10)9-20-17-8-15(18)13(4)7-16(17)19/h5-8,20H,9H2,1-4H3. The molecular weight excluding hydrogens is 256 g/mol. The molecule has 1 N–H and O–H groups in total. The van der Waals surface area contributed by atoms with E-state index >= 15 is 0 Å². The Labute approximate surface area is 118 Å². The molecule has 0 spiro atoms. The molecule has 2 rings (SSSR count). The Morgan fingerprint density at radius 2 is 1.40 bits per heavy atom. The summed E-state index contributed by atoms with van der Waals surface area (Å²) >= 11 is 0. The lowest BCUT2D eigenvalue weighted by atomic mass is 10.00. The molecule has 0 aromatic heterocycles. The van der Waals surface area contributed by atoms with Crippen molar-refractivity contribution in [3.8, 4) is 0 Å². The minimum Gasteiger partial charge on any atom is -0.378 e. The number of hydrogen-bond acceptors (Lipinski definition) is 1. The number of halogens is 2. The van der Waals surface area contributed by atoms with Gasteiger partial charge in [-0.3, -0.25) is 0 Å². The predicted octanol–water partition coefficient (Wildman–Crippen LogP) is 4.81. The van der Waals surface area contributed by atoms with Crippen molar-refractivity contribution in [2.45, 2.75) is 34.2 Å². The Bertz CT molecular complexity index is 625. The molecule has 0 unspecified atom stereocenters. The number of aryl methyl sites for hydroxylation is 4. The number of anilines is 1. The van der Waals surface area contributed by atoms with E-state index in [1.54, 1.807) is 6.92 Å². The van der Waals surface area contributed by atoms with Crippen LogP contribution >= 0.6 is 0 Å². The Morgan fingerprint density at radius 1 is 0.800 bits per heavy atom. The van der Waals surface area contributed by atoms with Crippen molar-refractivity contribution >= 4 is 5.69 Å². The van der Waals surface area contributed by atoms with Gasteiger partial charge in [-0.1, -0.05) is 17.7 Å². The molecule has 0 saturated heterocycles. The smallest absolute Gasteiger partial charge is 0.146 e. The number of hydrogen-bond donors (Lipinski definition) is 1. The second kappa shape index (κ2) is 5.61. The third-order valence-electron chi connectivity index (χ3n) is 3.54. The highest BCUT2D eigenvalue weighted by Crippen LogP contribution is 2.22. The second-order valence-electron chi connectivity index (χ2n) is 5.31. The third-order valence-corrected chi connectivity index (χ3v) is 3.54. The summed E-state index contributed by atoms with van der Waals surface area (Å²) in [6.07, 6.45) is 0. The van der Waals surface area contributed by atoms with Gasteiger partial charge in [0.15, 0.2) is 0 Å². The van der Waals surface area contributed by atoms with Gasteiger partial charge >= 0.3 is 0 Å². The number of benzene rings is 2. The van der Waals surface area contributed by atoms with Crippen molar-refractivity contribution in [2.24, 2.45) is 0 Å². The molecule has 0 amide bonds. The van der Waals surface area contributed by atoms with Crippen molar-refractivity contribution < 1.29 is 8.78 Å². The van der Waals surface area contributed by atoms with Crippen LogP contribution in [0.4, 0.5) is 14.5 Å². The van der Waals surface area contributed by atoms with Gasteiger partial charge in [-0.15, -0.1) is 0 Å². The second-order valence-corrected chi connectivity index (χ2v) is 5.31. The van der Waals surface area contributed by atoms with Crippen molar-refractivity contribution in [1.82, 2.24) is 0 Å². The molecule has 2 aromatic rings. The van der Waals surface area contributed by atoms with Gasteiger partial charge < -0.3 is 5.32 Å². The highest BCUT2D eigenvalue weighted by molar-refractivity contribution is 5.49. The SMILES string of the molecule is Cc1cc(C)c(CNc2cc(F)c(C)cc2F)c(C)c1. The van der Waals surface area contributed by atoms with Crippen molar-refractivity contribution in [1.29, 1.82) is 0 Å². The van der Waals surface area contributed by atoms with Crippen LogP contribution in [0.15, 0.2) is 24.3 Å². The maximum Gasteiger partial charge on any atom is 0.146 e. The highest BCUT2D eigenvalue weighted by Gasteiger charge is 2.09. The summed E-state index contributed by atoms with van der Waals surface area (Å²) in [5.41, 5.74) is 5.15. The van der Waals surface area contributed by atoms with Gasteiger partial charge in [-0.2, -0.15) is 0 Å². The van der Waals surface area contributed by atoms with E-state index in [9.17, 15) is 8.78 Å². The van der Waals surface area contributed by atoms with Gasteiger partial charge in [-0.05, 0) is 56.0 Å². The van der Waals surface area contributed by atoms with Gasteiger partial charge in [0.25, 0.3) is 0 Å². The van der Waals surface area contributed by atoms with Crippen LogP contribution in [0.5, 0.6) is 0 Å². The minimum atomic E-state index is -0.425. The van der Waals surface area contributed by atoms with Crippen molar-refractivity contribution in [3.63, 3.8) is 0 Å². The monoisotopic (exact) mass is 275 g/mol. The summed E-state index contributed by atoms with van der Waals surface area (Å²) in [7, 11) is 0. The molecule has 3 heteroatoms. The van der Waals surface area contributed by atoms with Crippen LogP contribution < -0.4 is 5.32 Å². The molecule has 2 aromatic carbocycles. The summed E-state index contributed by atoms with van der Waals surface area (Å²) in [4.78, 5) is 0. The lowest BCUT2D eigenvalue weighted by Crippen LogP contribution is -2.06. The van der Waals surface area contributed by atoms with Crippen molar-refractivity contribution in [2.75, 3.05) is 5.32 Å².